The molecule has 2 aromatic rings. The fourth-order valence-electron chi connectivity index (χ4n) is 2.01. The van der Waals surface area contributed by atoms with Crippen LogP contribution >= 0.6 is 0 Å². The SMILES string of the molecule is CN(C)c1ccc(C=CC=C(C#N)c2ccccc2F)cc1. The molecule has 0 amide bonds. The van der Waals surface area contributed by atoms with Crippen molar-refractivity contribution in [3.8, 4) is 6.07 Å². The highest BCUT2D eigenvalue weighted by Gasteiger charge is 2.04. The standard InChI is InChI=1S/C19H17FN2/c1-22(2)17-12-10-15(11-13-17)6-5-7-16(14-21)18-8-3-4-9-19(18)20/h3-13H,1-2H3. The number of allylic oxidation sites excluding steroid dienone is 3. The molecule has 0 saturated carbocycles. The first-order valence-corrected chi connectivity index (χ1v) is 6.92. The van der Waals surface area contributed by atoms with Crippen LogP contribution in [0.5, 0.6) is 0 Å². The number of halogens is 1. The Morgan fingerprint density at radius 3 is 2.36 bits per heavy atom. The minimum Gasteiger partial charge on any atom is -0.378 e. The van der Waals surface area contributed by atoms with Gasteiger partial charge in [0.05, 0.1) is 11.6 Å². The third kappa shape index (κ3) is 3.83. The monoisotopic (exact) mass is 292 g/mol. The van der Waals surface area contributed by atoms with Gasteiger partial charge in [-0.25, -0.2) is 4.39 Å². The van der Waals surface area contributed by atoms with Crippen LogP contribution in [0.15, 0.2) is 60.7 Å². The van der Waals surface area contributed by atoms with Crippen molar-refractivity contribution in [1.82, 2.24) is 0 Å². The lowest BCUT2D eigenvalue weighted by molar-refractivity contribution is 0.624. The van der Waals surface area contributed by atoms with Crippen LogP contribution in [0.4, 0.5) is 10.1 Å². The molecule has 0 bridgehead atoms. The predicted molar refractivity (Wildman–Crippen MR) is 89.8 cm³/mol. The number of hydrogen-bond donors (Lipinski definition) is 0. The molecule has 0 saturated heterocycles. The van der Waals surface area contributed by atoms with Crippen molar-refractivity contribution >= 4 is 17.3 Å². The van der Waals surface area contributed by atoms with Crippen molar-refractivity contribution in [2.75, 3.05) is 19.0 Å². The minimum absolute atomic E-state index is 0.305. The molecule has 0 spiro atoms. The molecule has 0 fully saturated rings. The first-order valence-electron chi connectivity index (χ1n) is 6.92. The van der Waals surface area contributed by atoms with E-state index in [1.165, 1.54) is 6.07 Å². The Bertz CT molecular complexity index is 735. The molecule has 0 radical (unpaired) electrons. The largest absolute Gasteiger partial charge is 0.378 e. The van der Waals surface area contributed by atoms with Crippen LogP contribution < -0.4 is 4.90 Å². The molecule has 0 atom stereocenters. The Kier molecular flexibility index (Phi) is 5.11. The summed E-state index contributed by atoms with van der Waals surface area (Å²) in [4.78, 5) is 2.03. The van der Waals surface area contributed by atoms with Gasteiger partial charge >= 0.3 is 0 Å². The van der Waals surface area contributed by atoms with Gasteiger partial charge in [0.25, 0.3) is 0 Å². The number of hydrogen-bond acceptors (Lipinski definition) is 2. The maximum Gasteiger partial charge on any atom is 0.131 e. The number of rotatable bonds is 4. The normalized spacial score (nSPS) is 11.5. The summed E-state index contributed by atoms with van der Waals surface area (Å²) in [6.45, 7) is 0. The molecular formula is C19H17FN2. The lowest BCUT2D eigenvalue weighted by Gasteiger charge is -2.11. The van der Waals surface area contributed by atoms with Gasteiger partial charge in [0.15, 0.2) is 0 Å². The second kappa shape index (κ2) is 7.24. The van der Waals surface area contributed by atoms with E-state index in [1.807, 2.05) is 55.4 Å². The van der Waals surface area contributed by atoms with E-state index in [9.17, 15) is 9.65 Å². The van der Waals surface area contributed by atoms with Crippen molar-refractivity contribution in [3.63, 3.8) is 0 Å². The van der Waals surface area contributed by atoms with Crippen LogP contribution in [0.3, 0.4) is 0 Å². The summed E-state index contributed by atoms with van der Waals surface area (Å²) in [5, 5.41) is 9.17. The Morgan fingerprint density at radius 1 is 1.09 bits per heavy atom. The quantitative estimate of drug-likeness (QED) is 0.612. The molecule has 2 nitrogen and oxygen atoms in total. The van der Waals surface area contributed by atoms with Crippen molar-refractivity contribution in [3.05, 3.63) is 77.6 Å². The second-order valence-electron chi connectivity index (χ2n) is 5.02. The number of nitriles is 1. The van der Waals surface area contributed by atoms with Crippen LogP contribution in [-0.2, 0) is 0 Å². The average molecular weight is 292 g/mol. The van der Waals surface area contributed by atoms with E-state index in [1.54, 1.807) is 30.4 Å². The lowest BCUT2D eigenvalue weighted by atomic mass is 10.1. The number of nitrogens with zero attached hydrogens (tertiary/aromatic N) is 2. The Labute approximate surface area is 130 Å². The second-order valence-corrected chi connectivity index (χ2v) is 5.02. The van der Waals surface area contributed by atoms with Crippen LogP contribution in [0.25, 0.3) is 11.6 Å². The molecule has 3 heteroatoms. The summed E-state index contributed by atoms with van der Waals surface area (Å²) in [6, 6.07) is 16.3. The molecular weight excluding hydrogens is 275 g/mol. The van der Waals surface area contributed by atoms with E-state index in [-0.39, 0.29) is 5.82 Å². The van der Waals surface area contributed by atoms with E-state index in [0.717, 1.165) is 11.3 Å². The topological polar surface area (TPSA) is 27.0 Å². The average Bonchev–Trinajstić information content (AvgIpc) is 2.53. The van der Waals surface area contributed by atoms with Crippen LogP contribution in [0.2, 0.25) is 0 Å². The zero-order valence-electron chi connectivity index (χ0n) is 12.6. The third-order valence-corrected chi connectivity index (χ3v) is 3.25. The van der Waals surface area contributed by atoms with Gasteiger partial charge in [-0.15, -0.1) is 0 Å². The summed E-state index contributed by atoms with van der Waals surface area (Å²) in [6.07, 6.45) is 5.27. The smallest absolute Gasteiger partial charge is 0.131 e. The first-order chi connectivity index (χ1) is 10.6. The van der Waals surface area contributed by atoms with Crippen LogP contribution in [-0.4, -0.2) is 14.1 Å². The van der Waals surface area contributed by atoms with Gasteiger partial charge in [0.1, 0.15) is 5.82 Å². The van der Waals surface area contributed by atoms with Gasteiger partial charge < -0.3 is 4.90 Å². The summed E-state index contributed by atoms with van der Waals surface area (Å²) >= 11 is 0. The molecule has 0 heterocycles. The molecule has 0 unspecified atom stereocenters. The number of anilines is 1. The third-order valence-electron chi connectivity index (χ3n) is 3.25. The van der Waals surface area contributed by atoms with Crippen LogP contribution in [0.1, 0.15) is 11.1 Å². The lowest BCUT2D eigenvalue weighted by Crippen LogP contribution is -2.07. The van der Waals surface area contributed by atoms with E-state index < -0.39 is 0 Å². The van der Waals surface area contributed by atoms with E-state index in [2.05, 4.69) is 0 Å². The zero-order chi connectivity index (χ0) is 15.9. The fraction of sp³-hybridized carbons (Fsp3) is 0.105. The highest BCUT2D eigenvalue weighted by atomic mass is 19.1. The fourth-order valence-corrected chi connectivity index (χ4v) is 2.01. The molecule has 0 aliphatic heterocycles. The highest BCUT2D eigenvalue weighted by molar-refractivity contribution is 5.79. The Morgan fingerprint density at radius 2 is 1.77 bits per heavy atom. The van der Waals surface area contributed by atoms with Gasteiger partial charge in [0, 0.05) is 25.3 Å². The summed E-state index contributed by atoms with van der Waals surface area (Å²) in [5.41, 5.74) is 2.77. The maximum atomic E-state index is 13.7. The van der Waals surface area contributed by atoms with Gasteiger partial charge in [-0.05, 0) is 29.8 Å². The van der Waals surface area contributed by atoms with E-state index >= 15 is 0 Å². The van der Waals surface area contributed by atoms with Gasteiger partial charge in [-0.1, -0.05) is 42.5 Å². The van der Waals surface area contributed by atoms with Crippen LogP contribution in [0, 0.1) is 17.1 Å². The van der Waals surface area contributed by atoms with Gasteiger partial charge in [0.2, 0.25) is 0 Å². The van der Waals surface area contributed by atoms with E-state index in [0.29, 0.717) is 11.1 Å². The highest BCUT2D eigenvalue weighted by Crippen LogP contribution is 2.18. The molecule has 2 aromatic carbocycles. The Balaban J connectivity index is 2.19. The van der Waals surface area contributed by atoms with Crippen molar-refractivity contribution < 1.29 is 4.39 Å². The molecule has 0 aliphatic rings. The summed E-state index contributed by atoms with van der Waals surface area (Å²) < 4.78 is 13.7. The van der Waals surface area contributed by atoms with E-state index in [4.69, 9.17) is 0 Å². The Hall–Kier alpha value is -2.86. The van der Waals surface area contributed by atoms with Crippen molar-refractivity contribution in [2.45, 2.75) is 0 Å². The molecule has 0 N–H and O–H groups in total. The summed E-state index contributed by atoms with van der Waals surface area (Å²) in [5.74, 6) is -0.390. The maximum absolute atomic E-state index is 13.7. The minimum atomic E-state index is -0.390. The van der Waals surface area contributed by atoms with Crippen molar-refractivity contribution in [2.24, 2.45) is 0 Å². The van der Waals surface area contributed by atoms with Crippen molar-refractivity contribution in [1.29, 1.82) is 5.26 Å². The molecule has 0 aliphatic carbocycles. The van der Waals surface area contributed by atoms with Gasteiger partial charge in [-0.3, -0.25) is 0 Å². The molecule has 110 valence electrons. The van der Waals surface area contributed by atoms with Gasteiger partial charge in [-0.2, -0.15) is 5.26 Å². The molecule has 2 rings (SSSR count). The zero-order valence-corrected chi connectivity index (χ0v) is 12.6. The summed E-state index contributed by atoms with van der Waals surface area (Å²) in [7, 11) is 3.97. The molecule has 22 heavy (non-hydrogen) atoms. The predicted octanol–water partition coefficient (Wildman–Crippen LogP) is 4.51. The first kappa shape index (κ1) is 15.5. The number of benzene rings is 2. The molecule has 0 aromatic heterocycles.